The Kier molecular flexibility index (Phi) is 4.32. The number of nitrogens with two attached hydrogens (primary N) is 1. The molecule has 1 amide bonds. The molecule has 1 fully saturated rings. The van der Waals surface area contributed by atoms with Gasteiger partial charge in [-0.05, 0) is 30.4 Å². The van der Waals surface area contributed by atoms with Gasteiger partial charge in [0.2, 0.25) is 11.8 Å². The summed E-state index contributed by atoms with van der Waals surface area (Å²) in [6.07, 6.45) is 8.06. The predicted molar refractivity (Wildman–Crippen MR) is 112 cm³/mol. The van der Waals surface area contributed by atoms with E-state index in [2.05, 4.69) is 26.0 Å². The fourth-order valence-corrected chi connectivity index (χ4v) is 5.07. The van der Waals surface area contributed by atoms with Crippen LogP contribution in [0.15, 0.2) is 36.7 Å². The number of carbonyl (C=O) groups excluding carboxylic acids is 1. The number of ether oxygens (including phenoxy) is 1. The fourth-order valence-electron chi connectivity index (χ4n) is 4.83. The Morgan fingerprint density at radius 1 is 1.30 bits per heavy atom. The largest absolute Gasteiger partial charge is 0.480 e. The number of rotatable bonds is 5. The summed E-state index contributed by atoms with van der Waals surface area (Å²) in [6.45, 7) is 0. The van der Waals surface area contributed by atoms with Crippen molar-refractivity contribution in [3.05, 3.63) is 47.3 Å². The Hall–Kier alpha value is -3.26. The Morgan fingerprint density at radius 3 is 2.80 bits per heavy atom. The van der Waals surface area contributed by atoms with E-state index < -0.39 is 5.92 Å². The van der Waals surface area contributed by atoms with E-state index in [0.29, 0.717) is 39.0 Å². The molecule has 0 spiro atoms. The summed E-state index contributed by atoms with van der Waals surface area (Å²) in [4.78, 5) is 28.5. The van der Waals surface area contributed by atoms with E-state index >= 15 is 0 Å². The maximum Gasteiger partial charge on any atom is 0.224 e. The number of hydrogen-bond donors (Lipinski definition) is 3. The van der Waals surface area contributed by atoms with Gasteiger partial charge in [-0.1, -0.05) is 23.8 Å². The summed E-state index contributed by atoms with van der Waals surface area (Å²) >= 11 is 6.50. The number of H-pyrrole nitrogens is 1. The Labute approximate surface area is 177 Å². The van der Waals surface area contributed by atoms with Gasteiger partial charge in [-0.2, -0.15) is 0 Å². The van der Waals surface area contributed by atoms with Crippen LogP contribution >= 0.6 is 11.6 Å². The van der Waals surface area contributed by atoms with Gasteiger partial charge in [0.25, 0.3) is 0 Å². The summed E-state index contributed by atoms with van der Waals surface area (Å²) in [5.41, 5.74) is 8.12. The zero-order valence-corrected chi connectivity index (χ0v) is 16.8. The first-order chi connectivity index (χ1) is 14.5. The maximum atomic E-state index is 12.2. The second kappa shape index (κ2) is 6.91. The Morgan fingerprint density at radius 2 is 2.07 bits per heavy atom. The topological polar surface area (TPSA) is 131 Å². The lowest BCUT2D eigenvalue weighted by molar-refractivity contribution is -0.123. The van der Waals surface area contributed by atoms with Crippen LogP contribution < -0.4 is 10.5 Å². The minimum absolute atomic E-state index is 0.0749. The van der Waals surface area contributed by atoms with Crippen LogP contribution in [0.4, 0.5) is 0 Å². The van der Waals surface area contributed by atoms with Gasteiger partial charge in [-0.3, -0.25) is 4.79 Å². The van der Waals surface area contributed by atoms with Gasteiger partial charge < -0.3 is 20.9 Å². The van der Waals surface area contributed by atoms with Crippen molar-refractivity contribution in [2.45, 2.75) is 6.42 Å². The van der Waals surface area contributed by atoms with Gasteiger partial charge in [0.15, 0.2) is 5.65 Å². The highest BCUT2D eigenvalue weighted by molar-refractivity contribution is 6.35. The Balaban J connectivity index is 1.64. The van der Waals surface area contributed by atoms with Crippen molar-refractivity contribution in [3.8, 4) is 17.3 Å². The van der Waals surface area contributed by atoms with Crippen LogP contribution in [0, 0.1) is 29.1 Å². The highest BCUT2D eigenvalue weighted by atomic mass is 35.5. The van der Waals surface area contributed by atoms with Crippen molar-refractivity contribution < 1.29 is 9.53 Å². The summed E-state index contributed by atoms with van der Waals surface area (Å²) < 4.78 is 5.33. The third-order valence-corrected chi connectivity index (χ3v) is 6.37. The third-order valence-electron chi connectivity index (χ3n) is 6.08. The van der Waals surface area contributed by atoms with Crippen LogP contribution in [0.25, 0.3) is 22.6 Å². The van der Waals surface area contributed by atoms with E-state index in [9.17, 15) is 4.79 Å². The van der Waals surface area contributed by atoms with E-state index in [1.807, 2.05) is 12.1 Å². The molecule has 3 aromatic heterocycles. The monoisotopic (exact) mass is 422 g/mol. The Bertz CT molecular complexity index is 1220. The second-order valence-electron chi connectivity index (χ2n) is 7.64. The molecular weight excluding hydrogens is 404 g/mol. The number of nitrogens with zero attached hydrogens (tertiary/aromatic N) is 3. The van der Waals surface area contributed by atoms with Crippen LogP contribution in [-0.2, 0) is 4.79 Å². The molecule has 5 rings (SSSR count). The number of fused-ring (bicyclic) bond motifs is 3. The number of allylic oxidation sites excluding steroid dienone is 2. The number of primary amides is 1. The number of halogens is 1. The lowest BCUT2D eigenvalue weighted by Gasteiger charge is -2.26. The normalized spacial score (nSPS) is 24.5. The number of aromatic nitrogens is 4. The third kappa shape index (κ3) is 2.71. The van der Waals surface area contributed by atoms with Crippen molar-refractivity contribution in [2.24, 2.45) is 29.4 Å². The predicted octanol–water partition coefficient (Wildman–Crippen LogP) is 2.97. The van der Waals surface area contributed by atoms with E-state index in [-0.39, 0.29) is 29.4 Å². The molecule has 0 saturated heterocycles. The molecule has 152 valence electrons. The first kappa shape index (κ1) is 18.7. The van der Waals surface area contributed by atoms with Crippen molar-refractivity contribution in [1.29, 1.82) is 5.41 Å². The lowest BCUT2D eigenvalue weighted by Crippen LogP contribution is -2.37. The van der Waals surface area contributed by atoms with E-state index in [1.165, 1.54) is 13.3 Å². The molecule has 1 saturated carbocycles. The lowest BCUT2D eigenvalue weighted by atomic mass is 9.77. The van der Waals surface area contributed by atoms with E-state index in [1.54, 1.807) is 12.3 Å². The summed E-state index contributed by atoms with van der Waals surface area (Å²) in [6, 6.07) is 3.62. The molecule has 30 heavy (non-hydrogen) atoms. The highest BCUT2D eigenvalue weighted by Gasteiger charge is 2.49. The molecule has 2 bridgehead atoms. The molecule has 4 N–H and O–H groups in total. The van der Waals surface area contributed by atoms with Crippen molar-refractivity contribution >= 4 is 34.4 Å². The zero-order chi connectivity index (χ0) is 21.0. The van der Waals surface area contributed by atoms with Crippen LogP contribution in [0.3, 0.4) is 0 Å². The number of hydrogen-bond acceptors (Lipinski definition) is 6. The number of carbonyl (C=O) groups is 1. The van der Waals surface area contributed by atoms with Crippen LogP contribution in [0.5, 0.6) is 5.88 Å². The van der Waals surface area contributed by atoms with Crippen molar-refractivity contribution in [1.82, 2.24) is 19.9 Å². The first-order valence-corrected chi connectivity index (χ1v) is 9.97. The average molecular weight is 423 g/mol. The van der Waals surface area contributed by atoms with Crippen LogP contribution in [0.1, 0.15) is 12.0 Å². The molecule has 0 radical (unpaired) electrons. The molecule has 0 aromatic carbocycles. The number of aromatic amines is 1. The van der Waals surface area contributed by atoms with Gasteiger partial charge in [-0.25, -0.2) is 15.0 Å². The van der Waals surface area contributed by atoms with Crippen molar-refractivity contribution in [3.63, 3.8) is 0 Å². The summed E-state index contributed by atoms with van der Waals surface area (Å²) in [5.74, 6) is -0.00307. The van der Waals surface area contributed by atoms with Gasteiger partial charge in [0, 0.05) is 29.6 Å². The number of pyridine rings is 2. The molecule has 2 aliphatic carbocycles. The standard InChI is InChI=1S/C21H19ClN6O2/c1-30-21-11(3-2-6-25-21)19-27-17-15(12(22)8-26-20(17)28-19)16(23)13-9-4-5-10(7-9)14(13)18(24)29/h2-6,8-10,13-14,23H,7H2,1H3,(H2,24,29)(H,26,27,28). The average Bonchev–Trinajstić information content (AvgIpc) is 3.47. The van der Waals surface area contributed by atoms with E-state index in [0.717, 1.165) is 6.42 Å². The molecule has 9 heteroatoms. The molecular formula is C21H19ClN6O2. The molecule has 8 nitrogen and oxygen atoms in total. The highest BCUT2D eigenvalue weighted by Crippen LogP contribution is 2.49. The fraction of sp³-hybridized carbons (Fsp3) is 0.286. The molecule has 4 atom stereocenters. The van der Waals surface area contributed by atoms with Gasteiger partial charge in [0.1, 0.15) is 5.82 Å². The zero-order valence-electron chi connectivity index (χ0n) is 16.1. The van der Waals surface area contributed by atoms with Gasteiger partial charge in [0.05, 0.1) is 29.1 Å². The number of imidazole rings is 1. The molecule has 2 aliphatic rings. The van der Waals surface area contributed by atoms with Crippen LogP contribution in [-0.4, -0.2) is 38.7 Å². The van der Waals surface area contributed by atoms with Gasteiger partial charge >= 0.3 is 0 Å². The number of nitrogens with one attached hydrogen (secondary N) is 2. The van der Waals surface area contributed by atoms with E-state index in [4.69, 9.17) is 27.5 Å². The minimum Gasteiger partial charge on any atom is -0.480 e. The molecule has 4 unspecified atom stereocenters. The second-order valence-corrected chi connectivity index (χ2v) is 8.05. The summed E-state index contributed by atoms with van der Waals surface area (Å²) in [7, 11) is 1.54. The van der Waals surface area contributed by atoms with Crippen LogP contribution in [0.2, 0.25) is 5.02 Å². The smallest absolute Gasteiger partial charge is 0.224 e. The quantitative estimate of drug-likeness (QED) is 0.429. The SMILES string of the molecule is COc1ncccc1-c1nc2ncc(Cl)c(C(=N)C3C4C=CC(C4)C3C(N)=O)c2[nH]1. The molecule has 3 aromatic rings. The van der Waals surface area contributed by atoms with Gasteiger partial charge in [-0.15, -0.1) is 0 Å². The number of methoxy groups -OCH3 is 1. The number of amides is 1. The van der Waals surface area contributed by atoms with Crippen molar-refractivity contribution in [2.75, 3.05) is 7.11 Å². The first-order valence-electron chi connectivity index (χ1n) is 9.59. The minimum atomic E-state index is -0.410. The molecule has 3 heterocycles. The molecule has 0 aliphatic heterocycles. The summed E-state index contributed by atoms with van der Waals surface area (Å²) in [5, 5.41) is 9.31. The maximum absolute atomic E-state index is 12.2.